The summed E-state index contributed by atoms with van der Waals surface area (Å²) in [7, 11) is 2.00. The van der Waals surface area contributed by atoms with E-state index in [0.29, 0.717) is 0 Å². The maximum Gasteiger partial charge on any atom is 0.0563 e. The second-order valence-electron chi connectivity index (χ2n) is 2.67. The highest BCUT2D eigenvalue weighted by atomic mass is 35.5. The summed E-state index contributed by atoms with van der Waals surface area (Å²) in [6.07, 6.45) is 0. The molecule has 1 heterocycles. The average molecular weight is 169 g/mol. The molecule has 2 rings (SSSR count). The summed E-state index contributed by atoms with van der Waals surface area (Å²) in [6.45, 7) is 0.881. The molecule has 0 saturated carbocycles. The van der Waals surface area contributed by atoms with Crippen LogP contribution in [0.4, 0.5) is 5.69 Å². The number of anilines is 1. The number of rotatable bonds is 0. The van der Waals surface area contributed by atoms with E-state index in [1.807, 2.05) is 30.3 Å². The Morgan fingerprint density at radius 1 is 1.55 bits per heavy atom. The first-order valence-electron chi connectivity index (χ1n) is 3.53. The SMILES string of the molecule is CN1NCc2cc(Cl)ccc21. The summed E-state index contributed by atoms with van der Waals surface area (Å²) in [6, 6.07) is 5.93. The summed E-state index contributed by atoms with van der Waals surface area (Å²) < 4.78 is 0. The van der Waals surface area contributed by atoms with Crippen molar-refractivity contribution in [3.05, 3.63) is 28.8 Å². The van der Waals surface area contributed by atoms with Crippen LogP contribution in [0, 0.1) is 0 Å². The molecule has 0 aliphatic carbocycles. The van der Waals surface area contributed by atoms with Crippen LogP contribution >= 0.6 is 11.6 Å². The van der Waals surface area contributed by atoms with Gasteiger partial charge in [0.25, 0.3) is 0 Å². The zero-order valence-corrected chi connectivity index (χ0v) is 7.02. The molecule has 2 nitrogen and oxygen atoms in total. The molecule has 3 heteroatoms. The van der Waals surface area contributed by atoms with Crippen molar-refractivity contribution < 1.29 is 0 Å². The van der Waals surface area contributed by atoms with E-state index in [9.17, 15) is 0 Å². The van der Waals surface area contributed by atoms with Crippen LogP contribution in [0.15, 0.2) is 18.2 Å². The van der Waals surface area contributed by atoms with Gasteiger partial charge in [0, 0.05) is 18.6 Å². The highest BCUT2D eigenvalue weighted by Gasteiger charge is 2.13. The maximum atomic E-state index is 5.82. The Hall–Kier alpha value is -0.730. The smallest absolute Gasteiger partial charge is 0.0563 e. The molecule has 11 heavy (non-hydrogen) atoms. The first-order chi connectivity index (χ1) is 5.27. The van der Waals surface area contributed by atoms with Crippen LogP contribution in [0.3, 0.4) is 0 Å². The zero-order valence-electron chi connectivity index (χ0n) is 6.26. The number of fused-ring (bicyclic) bond motifs is 1. The number of benzene rings is 1. The Kier molecular flexibility index (Phi) is 1.51. The van der Waals surface area contributed by atoms with Crippen LogP contribution in [0.25, 0.3) is 0 Å². The van der Waals surface area contributed by atoms with E-state index in [0.717, 1.165) is 11.6 Å². The van der Waals surface area contributed by atoms with E-state index >= 15 is 0 Å². The number of hydrogen-bond acceptors (Lipinski definition) is 2. The van der Waals surface area contributed by atoms with Gasteiger partial charge in [-0.1, -0.05) is 11.6 Å². The first kappa shape index (κ1) is 6.95. The molecule has 1 aromatic rings. The fourth-order valence-corrected chi connectivity index (χ4v) is 1.51. The van der Waals surface area contributed by atoms with E-state index in [1.54, 1.807) is 0 Å². The Bertz CT molecular complexity index is 285. The fourth-order valence-electron chi connectivity index (χ4n) is 1.31. The Balaban J connectivity index is 2.50. The van der Waals surface area contributed by atoms with Crippen molar-refractivity contribution in [2.45, 2.75) is 6.54 Å². The molecule has 1 aliphatic rings. The topological polar surface area (TPSA) is 15.3 Å². The summed E-state index contributed by atoms with van der Waals surface area (Å²) in [5.41, 5.74) is 5.67. The van der Waals surface area contributed by atoms with E-state index in [1.165, 1.54) is 11.3 Å². The number of nitrogens with zero attached hydrogens (tertiary/aromatic N) is 1. The largest absolute Gasteiger partial charge is 0.311 e. The number of nitrogens with one attached hydrogen (secondary N) is 1. The molecule has 0 fully saturated rings. The minimum Gasteiger partial charge on any atom is -0.311 e. The predicted octanol–water partition coefficient (Wildman–Crippen LogP) is 1.79. The summed E-state index contributed by atoms with van der Waals surface area (Å²) >= 11 is 5.82. The van der Waals surface area contributed by atoms with Gasteiger partial charge in [-0.05, 0) is 23.8 Å². The van der Waals surface area contributed by atoms with Gasteiger partial charge in [-0.15, -0.1) is 0 Å². The molecule has 58 valence electrons. The van der Waals surface area contributed by atoms with Crippen molar-refractivity contribution in [1.29, 1.82) is 0 Å². The lowest BCUT2D eigenvalue weighted by molar-refractivity contribution is 0.734. The Labute approximate surface area is 70.7 Å². The second-order valence-corrected chi connectivity index (χ2v) is 3.10. The third-order valence-electron chi connectivity index (χ3n) is 1.91. The van der Waals surface area contributed by atoms with Crippen LogP contribution in [0.2, 0.25) is 5.02 Å². The third kappa shape index (κ3) is 1.08. The van der Waals surface area contributed by atoms with Crippen LogP contribution in [-0.2, 0) is 6.54 Å². The molecule has 0 spiro atoms. The molecule has 1 aromatic carbocycles. The van der Waals surface area contributed by atoms with Gasteiger partial charge < -0.3 is 5.01 Å². The van der Waals surface area contributed by atoms with E-state index in [-0.39, 0.29) is 0 Å². The van der Waals surface area contributed by atoms with Gasteiger partial charge >= 0.3 is 0 Å². The van der Waals surface area contributed by atoms with Crippen molar-refractivity contribution >= 4 is 17.3 Å². The minimum absolute atomic E-state index is 0.806. The molecule has 0 aromatic heterocycles. The van der Waals surface area contributed by atoms with Gasteiger partial charge in [-0.3, -0.25) is 0 Å². The Morgan fingerprint density at radius 2 is 2.36 bits per heavy atom. The van der Waals surface area contributed by atoms with Crippen molar-refractivity contribution in [2.75, 3.05) is 12.1 Å². The molecular weight excluding hydrogens is 160 g/mol. The first-order valence-corrected chi connectivity index (χ1v) is 3.91. The lowest BCUT2D eigenvalue weighted by Gasteiger charge is -2.10. The zero-order chi connectivity index (χ0) is 7.84. The normalized spacial score (nSPS) is 15.3. The number of hydrogen-bond donors (Lipinski definition) is 1. The highest BCUT2D eigenvalue weighted by Crippen LogP contribution is 2.26. The van der Waals surface area contributed by atoms with Gasteiger partial charge in [0.1, 0.15) is 0 Å². The van der Waals surface area contributed by atoms with Crippen molar-refractivity contribution in [1.82, 2.24) is 5.43 Å². The second kappa shape index (κ2) is 2.40. The van der Waals surface area contributed by atoms with Gasteiger partial charge in [0.05, 0.1) is 5.69 Å². The average Bonchev–Trinajstić information content (AvgIpc) is 2.32. The van der Waals surface area contributed by atoms with E-state index in [2.05, 4.69) is 5.43 Å². The number of halogens is 1. The molecule has 0 amide bonds. The molecule has 1 aliphatic heterocycles. The molecule has 0 unspecified atom stereocenters. The maximum absolute atomic E-state index is 5.82. The van der Waals surface area contributed by atoms with Crippen LogP contribution in [0.1, 0.15) is 5.56 Å². The highest BCUT2D eigenvalue weighted by molar-refractivity contribution is 6.30. The van der Waals surface area contributed by atoms with Crippen LogP contribution in [-0.4, -0.2) is 7.05 Å². The molecule has 0 saturated heterocycles. The van der Waals surface area contributed by atoms with Gasteiger partial charge in [-0.2, -0.15) is 0 Å². The molecule has 0 radical (unpaired) electrons. The number of hydrazine groups is 1. The van der Waals surface area contributed by atoms with Crippen molar-refractivity contribution in [3.8, 4) is 0 Å². The molecule has 0 atom stereocenters. The van der Waals surface area contributed by atoms with Gasteiger partial charge in [0.2, 0.25) is 0 Å². The summed E-state index contributed by atoms with van der Waals surface area (Å²) in [4.78, 5) is 0. The molecule has 0 bridgehead atoms. The monoisotopic (exact) mass is 168 g/mol. The quantitative estimate of drug-likeness (QED) is 0.636. The Morgan fingerprint density at radius 3 is 3.18 bits per heavy atom. The predicted molar refractivity (Wildman–Crippen MR) is 46.7 cm³/mol. The lowest BCUT2D eigenvalue weighted by atomic mass is 10.2. The van der Waals surface area contributed by atoms with Gasteiger partial charge in [0.15, 0.2) is 0 Å². The fraction of sp³-hybridized carbons (Fsp3) is 0.250. The van der Waals surface area contributed by atoms with E-state index in [4.69, 9.17) is 11.6 Å². The standard InChI is InChI=1S/C8H9ClN2/c1-11-8-3-2-7(9)4-6(8)5-10-11/h2-4,10H,5H2,1H3. The van der Waals surface area contributed by atoms with Crippen LogP contribution < -0.4 is 10.4 Å². The molecular formula is C8H9ClN2. The van der Waals surface area contributed by atoms with Crippen LogP contribution in [0.5, 0.6) is 0 Å². The lowest BCUT2D eigenvalue weighted by Crippen LogP contribution is -2.26. The third-order valence-corrected chi connectivity index (χ3v) is 2.14. The summed E-state index contributed by atoms with van der Waals surface area (Å²) in [5.74, 6) is 0. The van der Waals surface area contributed by atoms with Crippen molar-refractivity contribution in [3.63, 3.8) is 0 Å². The molecule has 1 N–H and O–H groups in total. The van der Waals surface area contributed by atoms with Crippen molar-refractivity contribution in [2.24, 2.45) is 0 Å². The summed E-state index contributed by atoms with van der Waals surface area (Å²) in [5, 5.41) is 2.81. The van der Waals surface area contributed by atoms with E-state index < -0.39 is 0 Å². The minimum atomic E-state index is 0.806. The van der Waals surface area contributed by atoms with Gasteiger partial charge in [-0.25, -0.2) is 5.43 Å².